The molecule has 1 unspecified atom stereocenters. The van der Waals surface area contributed by atoms with Crippen molar-refractivity contribution in [1.29, 1.82) is 0 Å². The second-order valence-corrected chi connectivity index (χ2v) is 6.90. The molecule has 0 saturated heterocycles. The number of nitrogens with one attached hydrogen (secondary N) is 2. The quantitative estimate of drug-likeness (QED) is 0.868. The van der Waals surface area contributed by atoms with E-state index in [1.807, 2.05) is 0 Å². The van der Waals surface area contributed by atoms with Crippen molar-refractivity contribution in [3.05, 3.63) is 29.3 Å². The van der Waals surface area contributed by atoms with Crippen molar-refractivity contribution in [3.8, 4) is 5.75 Å². The van der Waals surface area contributed by atoms with Crippen molar-refractivity contribution in [2.45, 2.75) is 50.9 Å². The van der Waals surface area contributed by atoms with Gasteiger partial charge in [0.25, 0.3) is 0 Å². The van der Waals surface area contributed by atoms with Crippen molar-refractivity contribution in [2.24, 2.45) is 5.41 Å². The van der Waals surface area contributed by atoms with Crippen LogP contribution in [0.3, 0.4) is 0 Å². The van der Waals surface area contributed by atoms with Crippen LogP contribution in [0.1, 0.15) is 49.8 Å². The fourth-order valence-electron chi connectivity index (χ4n) is 3.42. The number of ether oxygens (including phenoxy) is 1. The molecule has 7 heteroatoms. The predicted molar refractivity (Wildman–Crippen MR) is 82.8 cm³/mol. The molecule has 0 aromatic heterocycles. The number of methoxy groups -OCH3 is 1. The number of alkyl halides is 3. The predicted octanol–water partition coefficient (Wildman–Crippen LogP) is 4.02. The number of amides is 2. The van der Waals surface area contributed by atoms with Crippen molar-refractivity contribution in [2.75, 3.05) is 7.11 Å². The van der Waals surface area contributed by atoms with Gasteiger partial charge in [0.2, 0.25) is 0 Å². The summed E-state index contributed by atoms with van der Waals surface area (Å²) in [6, 6.07) is 2.48. The van der Waals surface area contributed by atoms with E-state index in [4.69, 9.17) is 4.74 Å². The zero-order valence-electron chi connectivity index (χ0n) is 13.7. The summed E-state index contributed by atoms with van der Waals surface area (Å²) in [5.41, 5.74) is 0.0187. The summed E-state index contributed by atoms with van der Waals surface area (Å²) in [6.45, 7) is 1.64. The van der Waals surface area contributed by atoms with Gasteiger partial charge in [0.1, 0.15) is 5.75 Å². The SMILES string of the molecule is COc1ccc(C(F)(F)F)cc1C(C)NC(=O)NC1CC2(CC2)C1. The normalized spacial score (nSPS) is 20.2. The van der Waals surface area contributed by atoms with Crippen LogP contribution in [0.4, 0.5) is 18.0 Å². The number of rotatable bonds is 4. The van der Waals surface area contributed by atoms with Crippen LogP contribution in [-0.2, 0) is 6.18 Å². The van der Waals surface area contributed by atoms with E-state index in [1.54, 1.807) is 6.92 Å². The van der Waals surface area contributed by atoms with Crippen LogP contribution in [0.2, 0.25) is 0 Å². The number of hydrogen-bond donors (Lipinski definition) is 2. The van der Waals surface area contributed by atoms with Crippen LogP contribution in [0, 0.1) is 5.41 Å². The Kier molecular flexibility index (Phi) is 4.13. The lowest BCUT2D eigenvalue weighted by molar-refractivity contribution is -0.137. The molecule has 0 bridgehead atoms. The Morgan fingerprint density at radius 1 is 1.33 bits per heavy atom. The molecule has 1 aromatic carbocycles. The van der Waals surface area contributed by atoms with Crippen LogP contribution in [0.15, 0.2) is 18.2 Å². The Balaban J connectivity index is 1.64. The lowest BCUT2D eigenvalue weighted by Gasteiger charge is -2.36. The van der Waals surface area contributed by atoms with Crippen LogP contribution in [0.25, 0.3) is 0 Å². The summed E-state index contributed by atoms with van der Waals surface area (Å²) >= 11 is 0. The van der Waals surface area contributed by atoms with Gasteiger partial charge in [-0.1, -0.05) is 0 Å². The maximum absolute atomic E-state index is 12.9. The highest BCUT2D eigenvalue weighted by atomic mass is 19.4. The molecule has 0 radical (unpaired) electrons. The first kappa shape index (κ1) is 16.9. The Morgan fingerprint density at radius 3 is 2.54 bits per heavy atom. The number of carbonyl (C=O) groups excluding carboxylic acids is 1. The van der Waals surface area contributed by atoms with Crippen molar-refractivity contribution in [3.63, 3.8) is 0 Å². The summed E-state index contributed by atoms with van der Waals surface area (Å²) in [5.74, 6) is 0.316. The van der Waals surface area contributed by atoms with Gasteiger partial charge in [-0.15, -0.1) is 0 Å². The maximum Gasteiger partial charge on any atom is 0.416 e. The van der Waals surface area contributed by atoms with Gasteiger partial charge in [0.15, 0.2) is 0 Å². The lowest BCUT2D eigenvalue weighted by atomic mass is 9.77. The van der Waals surface area contributed by atoms with Crippen LogP contribution in [0.5, 0.6) is 5.75 Å². The van der Waals surface area contributed by atoms with Gasteiger partial charge in [0.05, 0.1) is 18.7 Å². The van der Waals surface area contributed by atoms with E-state index in [9.17, 15) is 18.0 Å². The molecule has 2 aliphatic carbocycles. The van der Waals surface area contributed by atoms with Crippen LogP contribution >= 0.6 is 0 Å². The van der Waals surface area contributed by atoms with Gasteiger partial charge in [-0.05, 0) is 56.2 Å². The Labute approximate surface area is 138 Å². The summed E-state index contributed by atoms with van der Waals surface area (Å²) < 4.78 is 43.8. The third-order valence-electron chi connectivity index (χ3n) is 5.02. The Hall–Kier alpha value is -1.92. The van der Waals surface area contributed by atoms with Crippen molar-refractivity contribution >= 4 is 6.03 Å². The first-order valence-electron chi connectivity index (χ1n) is 8.05. The third kappa shape index (κ3) is 3.44. The first-order chi connectivity index (χ1) is 11.2. The van der Waals surface area contributed by atoms with Crippen molar-refractivity contribution in [1.82, 2.24) is 10.6 Å². The van der Waals surface area contributed by atoms with E-state index in [0.717, 1.165) is 25.0 Å². The molecule has 24 heavy (non-hydrogen) atoms. The van der Waals surface area contributed by atoms with Gasteiger partial charge in [0, 0.05) is 11.6 Å². The second kappa shape index (κ2) is 5.86. The molecule has 2 saturated carbocycles. The van der Waals surface area contributed by atoms with Crippen LogP contribution in [-0.4, -0.2) is 19.2 Å². The standard InChI is InChI=1S/C17H21F3N2O2/c1-10(21-15(23)22-12-8-16(9-12)5-6-16)13-7-11(17(18,19)20)3-4-14(13)24-2/h3-4,7,10,12H,5-6,8-9H2,1-2H3,(H2,21,22,23). The van der Waals surface area contributed by atoms with Gasteiger partial charge in [-0.2, -0.15) is 13.2 Å². The fraction of sp³-hybridized carbons (Fsp3) is 0.588. The number of carbonyl (C=O) groups is 1. The summed E-state index contributed by atoms with van der Waals surface area (Å²) in [4.78, 5) is 12.1. The Morgan fingerprint density at radius 2 is 2.00 bits per heavy atom. The molecule has 132 valence electrons. The van der Waals surface area contributed by atoms with E-state index in [0.29, 0.717) is 16.7 Å². The molecule has 3 rings (SSSR count). The van der Waals surface area contributed by atoms with Crippen molar-refractivity contribution < 1.29 is 22.7 Å². The molecule has 2 aliphatic rings. The third-order valence-corrected chi connectivity index (χ3v) is 5.02. The minimum absolute atomic E-state index is 0.170. The topological polar surface area (TPSA) is 50.4 Å². The van der Waals surface area contributed by atoms with Gasteiger partial charge < -0.3 is 15.4 Å². The molecular weight excluding hydrogens is 321 g/mol. The first-order valence-corrected chi connectivity index (χ1v) is 8.05. The largest absolute Gasteiger partial charge is 0.496 e. The van der Waals surface area contributed by atoms with Gasteiger partial charge >= 0.3 is 12.2 Å². The maximum atomic E-state index is 12.9. The zero-order chi connectivity index (χ0) is 17.5. The second-order valence-electron chi connectivity index (χ2n) is 6.90. The summed E-state index contributed by atoms with van der Waals surface area (Å²) in [5, 5.41) is 5.58. The van der Waals surface area contributed by atoms with Gasteiger partial charge in [-0.25, -0.2) is 4.79 Å². The van der Waals surface area contributed by atoms with E-state index < -0.39 is 17.8 Å². The van der Waals surface area contributed by atoms with E-state index in [2.05, 4.69) is 10.6 Å². The van der Waals surface area contributed by atoms with E-state index in [-0.39, 0.29) is 12.1 Å². The highest BCUT2D eigenvalue weighted by Crippen LogP contribution is 2.60. The molecule has 2 amide bonds. The fourth-order valence-corrected chi connectivity index (χ4v) is 3.42. The highest BCUT2D eigenvalue weighted by molar-refractivity contribution is 5.75. The number of benzene rings is 1. The average molecular weight is 342 g/mol. The molecule has 1 spiro atoms. The lowest BCUT2D eigenvalue weighted by Crippen LogP contribution is -2.49. The van der Waals surface area contributed by atoms with E-state index >= 15 is 0 Å². The summed E-state index contributed by atoms with van der Waals surface area (Å²) in [7, 11) is 1.39. The molecule has 1 aromatic rings. The molecule has 1 atom stereocenters. The molecule has 2 fully saturated rings. The molecule has 2 N–H and O–H groups in total. The highest BCUT2D eigenvalue weighted by Gasteiger charge is 2.53. The zero-order valence-corrected chi connectivity index (χ0v) is 13.7. The smallest absolute Gasteiger partial charge is 0.416 e. The average Bonchev–Trinajstić information content (AvgIpc) is 3.25. The summed E-state index contributed by atoms with van der Waals surface area (Å²) in [6.07, 6.45) is 0.0478. The molecular formula is C17H21F3N2O2. The minimum Gasteiger partial charge on any atom is -0.496 e. The minimum atomic E-state index is -4.44. The number of urea groups is 1. The molecule has 0 aliphatic heterocycles. The molecule has 4 nitrogen and oxygen atoms in total. The monoisotopic (exact) mass is 342 g/mol. The number of halogens is 3. The van der Waals surface area contributed by atoms with Gasteiger partial charge in [-0.3, -0.25) is 0 Å². The van der Waals surface area contributed by atoms with E-state index in [1.165, 1.54) is 26.0 Å². The number of hydrogen-bond acceptors (Lipinski definition) is 2. The Bertz CT molecular complexity index is 633. The van der Waals surface area contributed by atoms with Crippen LogP contribution < -0.4 is 15.4 Å². The molecule has 0 heterocycles.